The smallest absolute Gasteiger partial charge is 0.310 e. The second kappa shape index (κ2) is 5.76. The van der Waals surface area contributed by atoms with Crippen molar-refractivity contribution in [2.45, 2.75) is 38.6 Å². The molecule has 2 rings (SSSR count). The first-order chi connectivity index (χ1) is 8.96. The summed E-state index contributed by atoms with van der Waals surface area (Å²) in [4.78, 5) is 11.5. The maximum Gasteiger partial charge on any atom is 0.310 e. The van der Waals surface area contributed by atoms with Gasteiger partial charge in [-0.1, -0.05) is 6.42 Å². The van der Waals surface area contributed by atoms with E-state index in [1.165, 1.54) is 11.4 Å². The fourth-order valence-electron chi connectivity index (χ4n) is 2.86. The molecular weight excluding hydrogens is 268 g/mol. The maximum absolute atomic E-state index is 12.6. The first-order valence-electron chi connectivity index (χ1n) is 6.81. The Morgan fingerprint density at radius 3 is 2.58 bits per heavy atom. The summed E-state index contributed by atoms with van der Waals surface area (Å²) in [6.07, 6.45) is 3.46. The highest BCUT2D eigenvalue weighted by Gasteiger charge is 2.40. The summed E-state index contributed by atoms with van der Waals surface area (Å²) in [7, 11) is -2.09. The van der Waals surface area contributed by atoms with Gasteiger partial charge in [-0.15, -0.1) is 0 Å². The molecule has 0 saturated carbocycles. The predicted molar refractivity (Wildman–Crippen MR) is 70.6 cm³/mol. The third-order valence-electron chi connectivity index (χ3n) is 4.05. The second-order valence-corrected chi connectivity index (χ2v) is 7.21. The molecule has 2 atom stereocenters. The molecule has 0 aromatic rings. The van der Waals surface area contributed by atoms with E-state index in [2.05, 4.69) is 4.74 Å². The average molecular weight is 290 g/mol. The van der Waals surface area contributed by atoms with Crippen LogP contribution in [0.3, 0.4) is 0 Å². The molecule has 7 heteroatoms. The van der Waals surface area contributed by atoms with Crippen molar-refractivity contribution in [2.24, 2.45) is 5.92 Å². The van der Waals surface area contributed by atoms with E-state index in [4.69, 9.17) is 0 Å². The topological polar surface area (TPSA) is 66.9 Å². The van der Waals surface area contributed by atoms with E-state index in [1.807, 2.05) is 6.92 Å². The molecule has 2 saturated heterocycles. The van der Waals surface area contributed by atoms with Crippen molar-refractivity contribution < 1.29 is 17.9 Å². The Hall–Kier alpha value is -0.660. The van der Waals surface area contributed by atoms with Gasteiger partial charge in [0, 0.05) is 25.7 Å². The van der Waals surface area contributed by atoms with Gasteiger partial charge in [-0.2, -0.15) is 17.0 Å². The summed E-state index contributed by atoms with van der Waals surface area (Å²) in [5.74, 6) is -0.635. The number of piperidine rings is 1. The molecule has 2 aliphatic heterocycles. The standard InChI is InChI=1S/C12H22N2O4S/c1-10-5-3-4-7-14(10)19(16,17)13-8-6-11(9-13)12(15)18-2/h10-11H,3-9H2,1-2H3. The fraction of sp³-hybridized carbons (Fsp3) is 0.917. The quantitative estimate of drug-likeness (QED) is 0.714. The van der Waals surface area contributed by atoms with Crippen LogP contribution in [0.25, 0.3) is 0 Å². The lowest BCUT2D eigenvalue weighted by atomic mass is 10.1. The fourth-order valence-corrected chi connectivity index (χ4v) is 4.78. The molecule has 0 N–H and O–H groups in total. The number of ether oxygens (including phenoxy) is 1. The molecule has 0 radical (unpaired) electrons. The lowest BCUT2D eigenvalue weighted by Crippen LogP contribution is -2.49. The molecule has 2 unspecified atom stereocenters. The van der Waals surface area contributed by atoms with E-state index < -0.39 is 10.2 Å². The Bertz CT molecular complexity index is 437. The molecule has 0 aromatic carbocycles. The summed E-state index contributed by atoms with van der Waals surface area (Å²) >= 11 is 0. The van der Waals surface area contributed by atoms with Gasteiger partial charge in [0.25, 0.3) is 10.2 Å². The number of esters is 1. The lowest BCUT2D eigenvalue weighted by Gasteiger charge is -2.35. The highest BCUT2D eigenvalue weighted by atomic mass is 32.2. The van der Waals surface area contributed by atoms with Gasteiger partial charge in [-0.05, 0) is 26.2 Å². The van der Waals surface area contributed by atoms with E-state index in [1.54, 1.807) is 4.31 Å². The van der Waals surface area contributed by atoms with Gasteiger partial charge in [0.05, 0.1) is 13.0 Å². The summed E-state index contributed by atoms with van der Waals surface area (Å²) in [5, 5.41) is 0. The first-order valence-corrected chi connectivity index (χ1v) is 8.21. The first kappa shape index (κ1) is 14.7. The van der Waals surface area contributed by atoms with Crippen LogP contribution in [-0.4, -0.2) is 55.8 Å². The highest BCUT2D eigenvalue weighted by Crippen LogP contribution is 2.27. The Labute approximate surface area is 114 Å². The van der Waals surface area contributed by atoms with Gasteiger partial charge in [0.2, 0.25) is 0 Å². The van der Waals surface area contributed by atoms with Crippen LogP contribution in [0.4, 0.5) is 0 Å². The van der Waals surface area contributed by atoms with Crippen LogP contribution in [0, 0.1) is 5.92 Å². The van der Waals surface area contributed by atoms with E-state index >= 15 is 0 Å². The minimum Gasteiger partial charge on any atom is -0.469 e. The molecule has 6 nitrogen and oxygen atoms in total. The van der Waals surface area contributed by atoms with Crippen molar-refractivity contribution in [1.29, 1.82) is 0 Å². The van der Waals surface area contributed by atoms with Crippen LogP contribution < -0.4 is 0 Å². The molecular formula is C12H22N2O4S. The molecule has 2 heterocycles. The molecule has 0 aliphatic carbocycles. The highest BCUT2D eigenvalue weighted by molar-refractivity contribution is 7.86. The van der Waals surface area contributed by atoms with E-state index in [0.29, 0.717) is 19.5 Å². The van der Waals surface area contributed by atoms with Crippen molar-refractivity contribution in [3.8, 4) is 0 Å². The van der Waals surface area contributed by atoms with Crippen molar-refractivity contribution >= 4 is 16.2 Å². The van der Waals surface area contributed by atoms with Crippen molar-refractivity contribution in [3.05, 3.63) is 0 Å². The minimum atomic E-state index is -3.43. The number of carbonyl (C=O) groups excluding carboxylic acids is 1. The minimum absolute atomic E-state index is 0.0518. The SMILES string of the molecule is COC(=O)C1CCN(S(=O)(=O)N2CCCCC2C)C1. The molecule has 2 fully saturated rings. The monoisotopic (exact) mass is 290 g/mol. The number of methoxy groups -OCH3 is 1. The zero-order valence-corrected chi connectivity index (χ0v) is 12.4. The largest absolute Gasteiger partial charge is 0.469 e. The van der Waals surface area contributed by atoms with Gasteiger partial charge < -0.3 is 4.74 Å². The van der Waals surface area contributed by atoms with Crippen LogP contribution in [0.2, 0.25) is 0 Å². The normalized spacial score (nSPS) is 30.4. The predicted octanol–water partition coefficient (Wildman–Crippen LogP) is 0.600. The van der Waals surface area contributed by atoms with Crippen LogP contribution in [0.15, 0.2) is 0 Å². The summed E-state index contributed by atoms with van der Waals surface area (Å²) in [6.45, 7) is 3.19. The van der Waals surface area contributed by atoms with E-state index in [-0.39, 0.29) is 24.5 Å². The van der Waals surface area contributed by atoms with Gasteiger partial charge in [0.15, 0.2) is 0 Å². The zero-order valence-electron chi connectivity index (χ0n) is 11.5. The Morgan fingerprint density at radius 2 is 1.95 bits per heavy atom. The van der Waals surface area contributed by atoms with Gasteiger partial charge in [-0.3, -0.25) is 4.79 Å². The number of hydrogen-bond donors (Lipinski definition) is 0. The zero-order chi connectivity index (χ0) is 14.0. The van der Waals surface area contributed by atoms with Crippen molar-refractivity contribution in [1.82, 2.24) is 8.61 Å². The van der Waals surface area contributed by atoms with Crippen LogP contribution in [0.1, 0.15) is 32.6 Å². The lowest BCUT2D eigenvalue weighted by molar-refractivity contribution is -0.144. The van der Waals surface area contributed by atoms with E-state index in [9.17, 15) is 13.2 Å². The van der Waals surface area contributed by atoms with E-state index in [0.717, 1.165) is 19.3 Å². The Morgan fingerprint density at radius 1 is 1.21 bits per heavy atom. The van der Waals surface area contributed by atoms with Crippen LogP contribution >= 0.6 is 0 Å². The average Bonchev–Trinajstić information content (AvgIpc) is 2.88. The Balaban J connectivity index is 2.06. The van der Waals surface area contributed by atoms with Gasteiger partial charge in [-0.25, -0.2) is 0 Å². The van der Waals surface area contributed by atoms with Gasteiger partial charge in [0.1, 0.15) is 0 Å². The number of carbonyl (C=O) groups is 1. The molecule has 0 bridgehead atoms. The van der Waals surface area contributed by atoms with Crippen molar-refractivity contribution in [3.63, 3.8) is 0 Å². The number of hydrogen-bond acceptors (Lipinski definition) is 4. The third-order valence-corrected chi connectivity index (χ3v) is 6.17. The molecule has 0 spiro atoms. The molecule has 19 heavy (non-hydrogen) atoms. The molecule has 2 aliphatic rings. The third kappa shape index (κ3) is 2.93. The van der Waals surface area contributed by atoms with Gasteiger partial charge >= 0.3 is 5.97 Å². The second-order valence-electron chi connectivity index (χ2n) is 5.33. The molecule has 110 valence electrons. The maximum atomic E-state index is 12.6. The number of nitrogens with zero attached hydrogens (tertiary/aromatic N) is 2. The van der Waals surface area contributed by atoms with Crippen LogP contribution in [0.5, 0.6) is 0 Å². The van der Waals surface area contributed by atoms with Crippen LogP contribution in [-0.2, 0) is 19.7 Å². The number of rotatable bonds is 3. The Kier molecular flexibility index (Phi) is 4.47. The summed E-state index contributed by atoms with van der Waals surface area (Å²) in [6, 6.07) is 0.0518. The molecule has 0 aromatic heterocycles. The molecule has 0 amide bonds. The summed E-state index contributed by atoms with van der Waals surface area (Å²) in [5.41, 5.74) is 0. The van der Waals surface area contributed by atoms with Crippen molar-refractivity contribution in [2.75, 3.05) is 26.7 Å². The summed E-state index contributed by atoms with van der Waals surface area (Å²) < 4.78 is 32.8.